The quantitative estimate of drug-likeness (QED) is 0.217. The van der Waals surface area contributed by atoms with Crippen LogP contribution in [0.3, 0.4) is 0 Å². The van der Waals surface area contributed by atoms with E-state index in [1.54, 1.807) is 38.2 Å². The number of benzene rings is 3. The minimum Gasteiger partial charge on any atom is -0.440 e. The molecular weight excluding hydrogens is 690 g/mol. The molecule has 17 heteroatoms. The normalized spacial score (nSPS) is 14.2. The van der Waals surface area contributed by atoms with Crippen molar-refractivity contribution in [2.75, 3.05) is 20.4 Å². The first-order valence-electron chi connectivity index (χ1n) is 14.5. The molecule has 0 aliphatic carbocycles. The van der Waals surface area contributed by atoms with Gasteiger partial charge >= 0.3 is 6.29 Å². The zero-order valence-corrected chi connectivity index (χ0v) is 28.3. The van der Waals surface area contributed by atoms with E-state index in [2.05, 4.69) is 19.6 Å². The van der Waals surface area contributed by atoms with Gasteiger partial charge in [-0.1, -0.05) is 12.1 Å². The molecule has 0 bridgehead atoms. The monoisotopic (exact) mass is 718 g/mol. The summed E-state index contributed by atoms with van der Waals surface area (Å²) in [6.45, 7) is 0.737. The van der Waals surface area contributed by atoms with Crippen LogP contribution >= 0.6 is 0 Å². The summed E-state index contributed by atoms with van der Waals surface area (Å²) in [5.74, 6) is -1.37. The smallest absolute Gasteiger partial charge is 0.440 e. The Balaban J connectivity index is 1.58. The Morgan fingerprint density at radius 2 is 1.61 bits per heavy atom. The Hall–Kier alpha value is -4.71. The van der Waals surface area contributed by atoms with Gasteiger partial charge < -0.3 is 19.0 Å². The highest BCUT2D eigenvalue weighted by Crippen LogP contribution is 2.46. The van der Waals surface area contributed by atoms with Crippen molar-refractivity contribution in [2.45, 2.75) is 30.5 Å². The van der Waals surface area contributed by atoms with Crippen LogP contribution in [0.1, 0.15) is 17.1 Å². The first-order chi connectivity index (χ1) is 22.9. The van der Waals surface area contributed by atoms with Gasteiger partial charge in [0.15, 0.2) is 33.0 Å². The number of aryl methyl sites for hydroxylation is 2. The fourth-order valence-electron chi connectivity index (χ4n) is 5.46. The molecule has 12 nitrogen and oxygen atoms in total. The molecule has 1 aliphatic heterocycles. The number of sulfonamides is 1. The second kappa shape index (κ2) is 12.0. The summed E-state index contributed by atoms with van der Waals surface area (Å²) in [6, 6.07) is 12.9. The third-order valence-corrected chi connectivity index (χ3v) is 10.7. The van der Waals surface area contributed by atoms with E-state index in [1.165, 1.54) is 43.0 Å². The van der Waals surface area contributed by atoms with E-state index in [0.29, 0.717) is 27.9 Å². The van der Waals surface area contributed by atoms with Gasteiger partial charge in [0.2, 0.25) is 10.0 Å². The van der Waals surface area contributed by atoms with Gasteiger partial charge in [0.05, 0.1) is 22.9 Å². The predicted molar refractivity (Wildman–Crippen MR) is 171 cm³/mol. The van der Waals surface area contributed by atoms with Crippen molar-refractivity contribution in [3.8, 4) is 56.5 Å². The zero-order chi connectivity index (χ0) is 35.6. The number of halogens is 3. The van der Waals surface area contributed by atoms with Crippen LogP contribution in [0.15, 0.2) is 63.9 Å². The summed E-state index contributed by atoms with van der Waals surface area (Å²) < 4.78 is 111. The summed E-state index contributed by atoms with van der Waals surface area (Å²) >= 11 is 0. The van der Waals surface area contributed by atoms with Gasteiger partial charge in [-0.3, -0.25) is 4.68 Å². The van der Waals surface area contributed by atoms with Crippen LogP contribution in [0.2, 0.25) is 0 Å². The number of alkyl halides is 2. The summed E-state index contributed by atoms with van der Waals surface area (Å²) in [5, 5.41) is 14.1. The molecule has 5 aromatic rings. The van der Waals surface area contributed by atoms with E-state index in [9.17, 15) is 30.7 Å². The molecule has 0 saturated heterocycles. The maximum atomic E-state index is 15.2. The van der Waals surface area contributed by atoms with E-state index in [1.807, 2.05) is 0 Å². The van der Waals surface area contributed by atoms with Crippen molar-refractivity contribution in [2.24, 2.45) is 7.05 Å². The van der Waals surface area contributed by atoms with Gasteiger partial charge in [0, 0.05) is 56.6 Å². The lowest BCUT2D eigenvalue weighted by molar-refractivity contribution is -0.286. The minimum absolute atomic E-state index is 0.152. The topological polar surface area (TPSA) is 154 Å². The fraction of sp³-hybridized carbons (Fsp3) is 0.250. The first kappa shape index (κ1) is 34.2. The lowest BCUT2D eigenvalue weighted by atomic mass is 9.93. The molecule has 0 fully saturated rings. The molecule has 3 aromatic carbocycles. The maximum Gasteiger partial charge on any atom is 0.586 e. The molecule has 0 atom stereocenters. The fourth-order valence-corrected chi connectivity index (χ4v) is 7.19. The highest BCUT2D eigenvalue weighted by Gasteiger charge is 2.43. The first-order valence-corrected chi connectivity index (χ1v) is 18.0. The second-order valence-corrected chi connectivity index (χ2v) is 15.7. The number of ether oxygens (including phenoxy) is 2. The molecule has 1 N–H and O–H groups in total. The largest absolute Gasteiger partial charge is 0.586 e. The summed E-state index contributed by atoms with van der Waals surface area (Å²) in [5.41, 5.74) is 2.17. The molecule has 0 spiro atoms. The molecule has 0 amide bonds. The Labute approximate surface area is 279 Å². The van der Waals surface area contributed by atoms with Gasteiger partial charge in [-0.05, 0) is 53.6 Å². The average molecular weight is 719 g/mol. The molecule has 258 valence electrons. The van der Waals surface area contributed by atoms with Gasteiger partial charge in [0.25, 0.3) is 0 Å². The molecule has 0 unspecified atom stereocenters. The SMILES string of the molecule is Cc1nc(-c2ccc3c(c2)OC(F)(F)O3)c(-c2cc(-c3cc(F)c(CO)c(S(C)(=O)=O)c3)ccc2-c2cc(CS(=O)(=O)N(C)C)nn2C)o1. The Morgan fingerprint density at radius 1 is 0.918 bits per heavy atom. The van der Waals surface area contributed by atoms with Crippen molar-refractivity contribution in [3.63, 3.8) is 0 Å². The van der Waals surface area contributed by atoms with Crippen molar-refractivity contribution in [3.05, 3.63) is 77.6 Å². The number of sulfone groups is 1. The molecule has 49 heavy (non-hydrogen) atoms. The number of aromatic nitrogens is 3. The third kappa shape index (κ3) is 6.53. The lowest BCUT2D eigenvalue weighted by Crippen LogP contribution is -2.25. The maximum absolute atomic E-state index is 15.2. The molecule has 0 saturated carbocycles. The Morgan fingerprint density at radius 3 is 2.29 bits per heavy atom. The Kier molecular flexibility index (Phi) is 8.37. The van der Waals surface area contributed by atoms with Gasteiger partial charge in [-0.15, -0.1) is 8.78 Å². The average Bonchev–Trinajstić information content (AvgIpc) is 3.67. The van der Waals surface area contributed by atoms with E-state index >= 15 is 4.39 Å². The summed E-state index contributed by atoms with van der Waals surface area (Å²) in [4.78, 5) is 4.12. The molecule has 6 rings (SSSR count). The van der Waals surface area contributed by atoms with Crippen molar-refractivity contribution < 1.29 is 49.0 Å². The van der Waals surface area contributed by atoms with E-state index in [-0.39, 0.29) is 56.3 Å². The van der Waals surface area contributed by atoms with Crippen molar-refractivity contribution >= 4 is 19.9 Å². The number of nitrogens with zero attached hydrogens (tertiary/aromatic N) is 4. The van der Waals surface area contributed by atoms with Gasteiger partial charge in [0.1, 0.15) is 17.3 Å². The summed E-state index contributed by atoms with van der Waals surface area (Å²) in [7, 11) is -3.19. The van der Waals surface area contributed by atoms with Gasteiger partial charge in [-0.2, -0.15) is 5.10 Å². The Bertz CT molecular complexity index is 2350. The molecular formula is C32H29F3N4O8S2. The minimum atomic E-state index is -3.96. The van der Waals surface area contributed by atoms with E-state index in [4.69, 9.17) is 4.42 Å². The van der Waals surface area contributed by atoms with Crippen LogP contribution in [0.4, 0.5) is 13.2 Å². The van der Waals surface area contributed by atoms with Crippen LogP contribution in [0.25, 0.3) is 45.0 Å². The van der Waals surface area contributed by atoms with E-state index < -0.39 is 38.6 Å². The highest BCUT2D eigenvalue weighted by atomic mass is 32.2. The third-order valence-electron chi connectivity index (χ3n) is 7.81. The van der Waals surface area contributed by atoms with Crippen molar-refractivity contribution in [1.82, 2.24) is 19.1 Å². The standard InChI is InChI=1S/C32H29F3N4O8S2/c1-17-36-30(19-7-9-27-28(12-19)47-32(34,35)46-27)31(45-17)23-10-18(20-11-25(33)24(15-40)29(13-20)48(5,41)42)6-8-22(23)26-14-21(37-39(26)4)16-49(43,44)38(2)3/h6-14,40H,15-16H2,1-5H3. The van der Waals surface area contributed by atoms with Crippen LogP contribution < -0.4 is 9.47 Å². The van der Waals surface area contributed by atoms with Crippen molar-refractivity contribution in [1.29, 1.82) is 0 Å². The van der Waals surface area contributed by atoms with Crippen LogP contribution in [-0.2, 0) is 39.3 Å². The van der Waals surface area contributed by atoms with Crippen LogP contribution in [-0.4, -0.2) is 67.7 Å². The molecule has 1 aliphatic rings. The number of hydrogen-bond donors (Lipinski definition) is 1. The molecule has 3 heterocycles. The number of aliphatic hydroxyl groups excluding tert-OH is 1. The predicted octanol–water partition coefficient (Wildman–Crippen LogP) is 5.13. The lowest BCUT2D eigenvalue weighted by Gasteiger charge is -2.14. The molecule has 2 aromatic heterocycles. The van der Waals surface area contributed by atoms with E-state index in [0.717, 1.165) is 16.6 Å². The number of oxazole rings is 1. The molecule has 0 radical (unpaired) electrons. The second-order valence-electron chi connectivity index (χ2n) is 11.5. The highest BCUT2D eigenvalue weighted by molar-refractivity contribution is 7.90. The van der Waals surface area contributed by atoms with Crippen LogP contribution in [0, 0.1) is 12.7 Å². The van der Waals surface area contributed by atoms with Crippen LogP contribution in [0.5, 0.6) is 11.5 Å². The number of fused-ring (bicyclic) bond motifs is 1. The number of hydrogen-bond acceptors (Lipinski definition) is 10. The number of aliphatic hydroxyl groups is 1. The number of rotatable bonds is 9. The zero-order valence-electron chi connectivity index (χ0n) is 26.7. The van der Waals surface area contributed by atoms with Gasteiger partial charge in [-0.25, -0.2) is 30.5 Å². The summed E-state index contributed by atoms with van der Waals surface area (Å²) in [6.07, 6.45) is -2.95.